The normalized spacial score (nSPS) is 13.4. The van der Waals surface area contributed by atoms with Crippen molar-refractivity contribution < 1.29 is 9.53 Å². The van der Waals surface area contributed by atoms with Crippen molar-refractivity contribution in [1.82, 2.24) is 19.7 Å². The van der Waals surface area contributed by atoms with Crippen LogP contribution in [0, 0.1) is 5.92 Å². The van der Waals surface area contributed by atoms with Crippen LogP contribution in [0.5, 0.6) is 5.75 Å². The van der Waals surface area contributed by atoms with Crippen molar-refractivity contribution in [3.63, 3.8) is 0 Å². The Balaban J connectivity index is 1.75. The maximum Gasteiger partial charge on any atom is 0.184 e. The van der Waals surface area contributed by atoms with E-state index < -0.39 is 0 Å². The minimum absolute atomic E-state index is 0.0851. The van der Waals surface area contributed by atoms with E-state index >= 15 is 0 Å². The summed E-state index contributed by atoms with van der Waals surface area (Å²) in [6, 6.07) is 7.30. The van der Waals surface area contributed by atoms with Gasteiger partial charge in [0.1, 0.15) is 12.1 Å². The number of nitrogens with two attached hydrogens (primary N) is 1. The van der Waals surface area contributed by atoms with Gasteiger partial charge in [-0.2, -0.15) is 5.10 Å². The number of methoxy groups -OCH3 is 1. The van der Waals surface area contributed by atoms with E-state index in [9.17, 15) is 4.79 Å². The quantitative estimate of drug-likeness (QED) is 0.647. The van der Waals surface area contributed by atoms with Crippen molar-refractivity contribution in [3.05, 3.63) is 42.4 Å². The largest absolute Gasteiger partial charge is 0.494 e. The Morgan fingerprint density at radius 3 is 2.78 bits per heavy atom. The van der Waals surface area contributed by atoms with E-state index in [1.807, 2.05) is 18.2 Å². The highest BCUT2D eigenvalue weighted by Crippen LogP contribution is 2.39. The van der Waals surface area contributed by atoms with Gasteiger partial charge < -0.3 is 15.8 Å². The number of aryl methyl sites for hydroxylation is 1. The highest BCUT2D eigenvalue weighted by Gasteiger charge is 2.32. The monoisotopic (exact) mass is 364 g/mol. The van der Waals surface area contributed by atoms with Crippen LogP contribution in [0.15, 0.2) is 36.8 Å². The number of nitrogen functional groups attached to an aromatic ring is 1. The molecule has 2 heterocycles. The first kappa shape index (κ1) is 17.0. The van der Waals surface area contributed by atoms with E-state index in [4.69, 9.17) is 10.5 Å². The Morgan fingerprint density at radius 1 is 1.30 bits per heavy atom. The molecule has 8 nitrogen and oxygen atoms in total. The van der Waals surface area contributed by atoms with Gasteiger partial charge in [-0.25, -0.2) is 9.97 Å². The second-order valence-electron chi connectivity index (χ2n) is 6.55. The molecule has 0 saturated heterocycles. The first-order chi connectivity index (χ1) is 13.1. The van der Waals surface area contributed by atoms with E-state index in [0.717, 1.165) is 18.4 Å². The lowest BCUT2D eigenvalue weighted by Crippen LogP contribution is -2.08. The molecule has 1 aromatic carbocycles. The number of carbonyl (C=O) groups excluding carboxylic acids is 1. The van der Waals surface area contributed by atoms with Crippen molar-refractivity contribution in [1.29, 1.82) is 0 Å². The average molecular weight is 364 g/mol. The highest BCUT2D eigenvalue weighted by atomic mass is 16.5. The molecule has 0 aliphatic heterocycles. The summed E-state index contributed by atoms with van der Waals surface area (Å²) in [5, 5.41) is 7.63. The van der Waals surface area contributed by atoms with Gasteiger partial charge in [-0.15, -0.1) is 0 Å². The summed E-state index contributed by atoms with van der Waals surface area (Å²) in [5.74, 6) is 1.66. The molecule has 2 aromatic heterocycles. The maximum absolute atomic E-state index is 12.6. The molecule has 1 saturated carbocycles. The Morgan fingerprint density at radius 2 is 2.11 bits per heavy atom. The van der Waals surface area contributed by atoms with Gasteiger partial charge in [0.15, 0.2) is 17.4 Å². The molecule has 0 amide bonds. The molecule has 0 unspecified atom stereocenters. The van der Waals surface area contributed by atoms with Crippen molar-refractivity contribution in [2.24, 2.45) is 13.0 Å². The summed E-state index contributed by atoms with van der Waals surface area (Å²) >= 11 is 0. The van der Waals surface area contributed by atoms with E-state index in [0.29, 0.717) is 34.3 Å². The molecular weight excluding hydrogens is 344 g/mol. The summed E-state index contributed by atoms with van der Waals surface area (Å²) in [5.41, 5.74) is 8.45. The first-order valence-electron chi connectivity index (χ1n) is 8.66. The van der Waals surface area contributed by atoms with Crippen LogP contribution in [0.1, 0.15) is 23.2 Å². The van der Waals surface area contributed by atoms with Crippen LogP contribution in [0.3, 0.4) is 0 Å². The zero-order valence-corrected chi connectivity index (χ0v) is 15.1. The molecule has 1 fully saturated rings. The number of ketones is 1. The molecule has 27 heavy (non-hydrogen) atoms. The van der Waals surface area contributed by atoms with Crippen molar-refractivity contribution >= 4 is 23.0 Å². The molecule has 1 aliphatic carbocycles. The number of para-hydroxylation sites is 1. The lowest BCUT2D eigenvalue weighted by molar-refractivity contribution is 0.0968. The summed E-state index contributed by atoms with van der Waals surface area (Å²) < 4.78 is 7.25. The SMILES string of the molecule is COc1c(Nc2cc(N)ncc2C(=O)C2CC2)cccc1-c1ncn(C)n1. The van der Waals surface area contributed by atoms with Gasteiger partial charge in [-0.1, -0.05) is 6.07 Å². The average Bonchev–Trinajstić information content (AvgIpc) is 3.42. The predicted molar refractivity (Wildman–Crippen MR) is 102 cm³/mol. The number of pyridine rings is 1. The predicted octanol–water partition coefficient (Wildman–Crippen LogP) is 2.80. The second-order valence-corrected chi connectivity index (χ2v) is 6.55. The lowest BCUT2D eigenvalue weighted by Gasteiger charge is -2.16. The Bertz CT molecular complexity index is 1010. The number of rotatable bonds is 6. The fourth-order valence-electron chi connectivity index (χ4n) is 2.98. The fraction of sp³-hybridized carbons (Fsp3) is 0.263. The third-order valence-corrected chi connectivity index (χ3v) is 4.47. The fourth-order valence-corrected chi connectivity index (χ4v) is 2.98. The molecule has 0 atom stereocenters. The van der Waals surface area contributed by atoms with Gasteiger partial charge in [0.2, 0.25) is 0 Å². The number of hydrogen-bond donors (Lipinski definition) is 2. The number of nitrogens with one attached hydrogen (secondary N) is 1. The zero-order valence-electron chi connectivity index (χ0n) is 15.1. The standard InChI is InChI=1S/C19H20N6O2/c1-25-10-22-19(24-25)12-4-3-5-14(18(12)27-2)23-15-8-16(20)21-9-13(15)17(26)11-6-7-11/h3-5,8-11H,6-7H2,1-2H3,(H3,20,21,23). The van der Waals surface area contributed by atoms with Crippen molar-refractivity contribution in [2.45, 2.75) is 12.8 Å². The van der Waals surface area contributed by atoms with Crippen molar-refractivity contribution in [3.8, 4) is 17.1 Å². The van der Waals surface area contributed by atoms with Gasteiger partial charge in [0.05, 0.1) is 29.6 Å². The van der Waals surface area contributed by atoms with E-state index in [1.165, 1.54) is 6.20 Å². The Hall–Kier alpha value is -3.42. The van der Waals surface area contributed by atoms with Gasteiger partial charge in [-0.05, 0) is 25.0 Å². The van der Waals surface area contributed by atoms with Crippen molar-refractivity contribution in [2.75, 3.05) is 18.2 Å². The number of anilines is 3. The number of nitrogens with zero attached hydrogens (tertiary/aromatic N) is 4. The number of benzene rings is 1. The number of hydrogen-bond acceptors (Lipinski definition) is 7. The molecule has 0 bridgehead atoms. The third kappa shape index (κ3) is 3.33. The smallest absolute Gasteiger partial charge is 0.184 e. The van der Waals surface area contributed by atoms with Crippen LogP contribution >= 0.6 is 0 Å². The van der Waals surface area contributed by atoms with Gasteiger partial charge >= 0.3 is 0 Å². The molecular formula is C19H20N6O2. The lowest BCUT2D eigenvalue weighted by atomic mass is 10.1. The second kappa shape index (κ2) is 6.71. The van der Waals surface area contributed by atoms with E-state index in [-0.39, 0.29) is 11.7 Å². The van der Waals surface area contributed by atoms with Crippen LogP contribution in [-0.4, -0.2) is 32.6 Å². The summed E-state index contributed by atoms with van der Waals surface area (Å²) in [7, 11) is 3.39. The summed E-state index contributed by atoms with van der Waals surface area (Å²) in [4.78, 5) is 21.0. The van der Waals surface area contributed by atoms with Gasteiger partial charge in [0, 0.05) is 25.2 Å². The molecule has 3 N–H and O–H groups in total. The molecule has 0 radical (unpaired) electrons. The minimum Gasteiger partial charge on any atom is -0.494 e. The number of Topliss-reactive ketones (excluding diaryl/α,β-unsaturated/α-hetero) is 1. The van der Waals surface area contributed by atoms with E-state index in [2.05, 4.69) is 20.4 Å². The minimum atomic E-state index is 0.0851. The molecule has 138 valence electrons. The topological polar surface area (TPSA) is 108 Å². The van der Waals surface area contributed by atoms with Crippen LogP contribution < -0.4 is 15.8 Å². The first-order valence-corrected chi connectivity index (χ1v) is 8.66. The molecule has 8 heteroatoms. The van der Waals surface area contributed by atoms with Crippen LogP contribution in [0.25, 0.3) is 11.4 Å². The summed E-state index contributed by atoms with van der Waals surface area (Å²) in [6.45, 7) is 0. The number of ether oxygens (including phenoxy) is 1. The van der Waals surface area contributed by atoms with Crippen LogP contribution in [0.4, 0.5) is 17.2 Å². The number of aromatic nitrogens is 4. The molecule has 3 aromatic rings. The van der Waals surface area contributed by atoms with E-state index in [1.54, 1.807) is 31.2 Å². The number of carbonyl (C=O) groups is 1. The highest BCUT2D eigenvalue weighted by molar-refractivity contribution is 6.04. The zero-order chi connectivity index (χ0) is 19.0. The van der Waals surface area contributed by atoms with Crippen LogP contribution in [-0.2, 0) is 7.05 Å². The molecule has 1 aliphatic rings. The molecule has 4 rings (SSSR count). The van der Waals surface area contributed by atoms with Gasteiger partial charge in [-0.3, -0.25) is 9.48 Å². The third-order valence-electron chi connectivity index (χ3n) is 4.47. The summed E-state index contributed by atoms with van der Waals surface area (Å²) in [6.07, 6.45) is 5.01. The maximum atomic E-state index is 12.6. The van der Waals surface area contributed by atoms with Gasteiger partial charge in [0.25, 0.3) is 0 Å². The van der Waals surface area contributed by atoms with Crippen LogP contribution in [0.2, 0.25) is 0 Å². The Labute approximate surface area is 156 Å². The Kier molecular flexibility index (Phi) is 4.23. The molecule has 0 spiro atoms.